The number of aromatic amines is 1. The Balaban J connectivity index is 1.43. The van der Waals surface area contributed by atoms with E-state index in [1.54, 1.807) is 42.6 Å². The third kappa shape index (κ3) is 5.27. The minimum absolute atomic E-state index is 0.149. The highest BCUT2D eigenvalue weighted by Crippen LogP contribution is 2.37. The number of H-pyrrole nitrogens is 1. The molecule has 0 unspecified atom stereocenters. The van der Waals surface area contributed by atoms with Crippen LogP contribution >= 0.6 is 11.6 Å². The fraction of sp³-hybridized carbons (Fsp3) is 0.240. The van der Waals surface area contributed by atoms with Gasteiger partial charge in [0.1, 0.15) is 35.3 Å². The Hall–Kier alpha value is -3.53. The number of nitrogens with zero attached hydrogens (tertiary/aromatic N) is 3. The molecule has 0 spiro atoms. The molecule has 4 aromatic rings. The van der Waals surface area contributed by atoms with Crippen LogP contribution in [-0.2, 0) is 4.74 Å². The largest absolute Gasteiger partial charge is 0.490 e. The normalized spacial score (nSPS) is 14.2. The summed E-state index contributed by atoms with van der Waals surface area (Å²) in [6.07, 6.45) is 1.59. The molecule has 3 heterocycles. The number of nitrogens with one attached hydrogen (secondary N) is 2. The highest BCUT2D eigenvalue weighted by molar-refractivity contribution is 6.32. The van der Waals surface area contributed by atoms with Crippen molar-refractivity contribution in [3.8, 4) is 17.1 Å². The molecule has 1 aliphatic heterocycles. The van der Waals surface area contributed by atoms with Crippen LogP contribution in [0.5, 0.6) is 5.75 Å². The Morgan fingerprint density at radius 2 is 2.06 bits per heavy atom. The molecule has 2 aromatic carbocycles. The van der Waals surface area contributed by atoms with Crippen LogP contribution in [0.1, 0.15) is 10.4 Å². The molecule has 2 N–H and O–H groups in total. The Kier molecular flexibility index (Phi) is 6.89. The second-order valence-electron chi connectivity index (χ2n) is 8.02. The monoisotopic (exact) mass is 495 g/mol. The van der Waals surface area contributed by atoms with Gasteiger partial charge >= 0.3 is 0 Å². The molecule has 2 aromatic heterocycles. The topological polar surface area (TPSA) is 92.4 Å². The molecule has 1 saturated heterocycles. The minimum Gasteiger partial charge on any atom is -0.490 e. The van der Waals surface area contributed by atoms with Gasteiger partial charge in [-0.1, -0.05) is 23.7 Å². The first-order valence-corrected chi connectivity index (χ1v) is 11.6. The smallest absolute Gasteiger partial charge is 0.259 e. The third-order valence-electron chi connectivity index (χ3n) is 5.68. The molecule has 0 atom stereocenters. The lowest BCUT2D eigenvalue weighted by Gasteiger charge is -2.26. The quantitative estimate of drug-likeness (QED) is 0.395. The van der Waals surface area contributed by atoms with Crippen molar-refractivity contribution in [2.75, 3.05) is 44.8 Å². The molecule has 180 valence electrons. The Morgan fingerprint density at radius 3 is 2.86 bits per heavy atom. The van der Waals surface area contributed by atoms with Crippen LogP contribution in [0.4, 0.5) is 10.2 Å². The van der Waals surface area contributed by atoms with Crippen molar-refractivity contribution in [3.63, 3.8) is 0 Å². The number of ether oxygens (including phenoxy) is 2. The van der Waals surface area contributed by atoms with E-state index < -0.39 is 5.82 Å². The number of benzene rings is 2. The van der Waals surface area contributed by atoms with E-state index in [4.69, 9.17) is 21.1 Å². The van der Waals surface area contributed by atoms with Crippen LogP contribution in [0.25, 0.3) is 22.4 Å². The van der Waals surface area contributed by atoms with Crippen molar-refractivity contribution in [2.45, 2.75) is 0 Å². The summed E-state index contributed by atoms with van der Waals surface area (Å²) in [7, 11) is 0. The standard InChI is InChI=1S/C25H23ClFN5O3/c26-19-15-16(27)14-18(23(19)35-13-10-32-8-11-34-12-9-32)24-29-20-5-3-4-17(22(20)31-24)25(33)30-21-6-1-2-7-28-21/h1-7,14-15H,8-13H2,(H,29,31)(H,28,30,33). The molecular formula is C25H23ClFN5O3. The maximum absolute atomic E-state index is 14.3. The van der Waals surface area contributed by atoms with Gasteiger partial charge < -0.3 is 19.8 Å². The number of anilines is 1. The summed E-state index contributed by atoms with van der Waals surface area (Å²) in [4.78, 5) is 27.1. The zero-order chi connectivity index (χ0) is 24.2. The second-order valence-corrected chi connectivity index (χ2v) is 8.43. The van der Waals surface area contributed by atoms with Crippen molar-refractivity contribution >= 4 is 34.4 Å². The highest BCUT2D eigenvalue weighted by Gasteiger charge is 2.20. The molecule has 1 aliphatic rings. The van der Waals surface area contributed by atoms with Gasteiger partial charge in [0.25, 0.3) is 5.91 Å². The van der Waals surface area contributed by atoms with Gasteiger partial charge in [0.2, 0.25) is 0 Å². The number of rotatable bonds is 7. The number of fused-ring (bicyclic) bond motifs is 1. The summed E-state index contributed by atoms with van der Waals surface area (Å²) in [6.45, 7) is 4.11. The first kappa shape index (κ1) is 23.2. The third-order valence-corrected chi connectivity index (χ3v) is 5.97. The number of imidazole rings is 1. The molecule has 0 radical (unpaired) electrons. The van der Waals surface area contributed by atoms with Gasteiger partial charge in [-0.25, -0.2) is 14.4 Å². The van der Waals surface area contributed by atoms with E-state index in [1.807, 2.05) is 0 Å². The fourth-order valence-electron chi connectivity index (χ4n) is 3.95. The first-order valence-electron chi connectivity index (χ1n) is 11.2. The Bertz CT molecular complexity index is 1340. The van der Waals surface area contributed by atoms with Crippen molar-refractivity contribution in [1.29, 1.82) is 0 Å². The number of carbonyl (C=O) groups is 1. The summed E-state index contributed by atoms with van der Waals surface area (Å²) in [5.74, 6) is 0.240. The molecule has 5 rings (SSSR count). The summed E-state index contributed by atoms with van der Waals surface area (Å²) in [6, 6.07) is 13.0. The van der Waals surface area contributed by atoms with E-state index in [0.717, 1.165) is 13.1 Å². The lowest BCUT2D eigenvalue weighted by atomic mass is 10.1. The molecule has 8 nitrogen and oxygen atoms in total. The van der Waals surface area contributed by atoms with Crippen molar-refractivity contribution in [1.82, 2.24) is 19.9 Å². The first-order chi connectivity index (χ1) is 17.1. The predicted octanol–water partition coefficient (Wildman–Crippen LogP) is 4.38. The Morgan fingerprint density at radius 1 is 1.20 bits per heavy atom. The van der Waals surface area contributed by atoms with Gasteiger partial charge in [-0.3, -0.25) is 9.69 Å². The predicted molar refractivity (Wildman–Crippen MR) is 131 cm³/mol. The number of morpholine rings is 1. The SMILES string of the molecule is O=C(Nc1ccccn1)c1cccc2[nH]c(-c3cc(F)cc(Cl)c3OCCN3CCOCC3)nc12. The average molecular weight is 496 g/mol. The molecule has 0 bridgehead atoms. The summed E-state index contributed by atoms with van der Waals surface area (Å²) in [5.41, 5.74) is 1.79. The number of hydrogen-bond donors (Lipinski definition) is 2. The van der Waals surface area contributed by atoms with Crippen LogP contribution in [0.3, 0.4) is 0 Å². The molecule has 1 fully saturated rings. The molecule has 0 aliphatic carbocycles. The van der Waals surface area contributed by atoms with Gasteiger partial charge in [-0.15, -0.1) is 0 Å². The summed E-state index contributed by atoms with van der Waals surface area (Å²) in [5, 5.41) is 2.91. The van der Waals surface area contributed by atoms with E-state index in [0.29, 0.717) is 65.9 Å². The average Bonchev–Trinajstić information content (AvgIpc) is 3.31. The number of halogens is 2. The van der Waals surface area contributed by atoms with Crippen LogP contribution in [0.2, 0.25) is 5.02 Å². The van der Waals surface area contributed by atoms with Crippen LogP contribution in [0, 0.1) is 5.82 Å². The summed E-state index contributed by atoms with van der Waals surface area (Å²) < 4.78 is 25.7. The van der Waals surface area contributed by atoms with Crippen molar-refractivity contribution in [2.24, 2.45) is 0 Å². The van der Waals surface area contributed by atoms with Crippen molar-refractivity contribution in [3.05, 3.63) is 71.1 Å². The molecule has 0 saturated carbocycles. The van der Waals surface area contributed by atoms with E-state index in [2.05, 4.69) is 25.2 Å². The highest BCUT2D eigenvalue weighted by atomic mass is 35.5. The number of hydrogen-bond acceptors (Lipinski definition) is 6. The van der Waals surface area contributed by atoms with Gasteiger partial charge in [-0.2, -0.15) is 0 Å². The number of aromatic nitrogens is 3. The second kappa shape index (κ2) is 10.4. The zero-order valence-corrected chi connectivity index (χ0v) is 19.5. The minimum atomic E-state index is -0.515. The van der Waals surface area contributed by atoms with E-state index in [1.165, 1.54) is 12.1 Å². The summed E-state index contributed by atoms with van der Waals surface area (Å²) >= 11 is 6.37. The van der Waals surface area contributed by atoms with Gasteiger partial charge in [-0.05, 0) is 36.4 Å². The fourth-order valence-corrected chi connectivity index (χ4v) is 4.21. The molecule has 1 amide bonds. The molecular weight excluding hydrogens is 473 g/mol. The number of carbonyl (C=O) groups excluding carboxylic acids is 1. The zero-order valence-electron chi connectivity index (χ0n) is 18.8. The van der Waals surface area contributed by atoms with Crippen molar-refractivity contribution < 1.29 is 18.7 Å². The number of pyridine rings is 1. The number of amides is 1. The van der Waals surface area contributed by atoms with Crippen LogP contribution < -0.4 is 10.1 Å². The van der Waals surface area contributed by atoms with Gasteiger partial charge in [0, 0.05) is 25.8 Å². The van der Waals surface area contributed by atoms with Crippen LogP contribution in [0.15, 0.2) is 54.7 Å². The van der Waals surface area contributed by atoms with Gasteiger partial charge in [0.05, 0.1) is 34.9 Å². The maximum Gasteiger partial charge on any atom is 0.259 e. The van der Waals surface area contributed by atoms with Gasteiger partial charge in [0.15, 0.2) is 0 Å². The Labute approximate surface area is 206 Å². The van der Waals surface area contributed by atoms with E-state index in [-0.39, 0.29) is 10.9 Å². The maximum atomic E-state index is 14.3. The lowest BCUT2D eigenvalue weighted by molar-refractivity contribution is 0.0323. The van der Waals surface area contributed by atoms with E-state index in [9.17, 15) is 9.18 Å². The molecule has 10 heteroatoms. The number of para-hydroxylation sites is 1. The molecule has 35 heavy (non-hydrogen) atoms. The van der Waals surface area contributed by atoms with Crippen LogP contribution in [-0.4, -0.2) is 65.2 Å². The lowest BCUT2D eigenvalue weighted by Crippen LogP contribution is -2.38. The van der Waals surface area contributed by atoms with E-state index >= 15 is 0 Å².